The molecule has 62 valence electrons. The van der Waals surface area contributed by atoms with E-state index in [1.165, 1.54) is 24.0 Å². The molecule has 1 atom stereocenters. The van der Waals surface area contributed by atoms with E-state index in [0.29, 0.717) is 0 Å². The van der Waals surface area contributed by atoms with Crippen molar-refractivity contribution in [3.8, 4) is 0 Å². The van der Waals surface area contributed by atoms with Crippen LogP contribution in [0.5, 0.6) is 0 Å². The Labute approximate surface area is 70.0 Å². The van der Waals surface area contributed by atoms with E-state index in [9.17, 15) is 0 Å². The van der Waals surface area contributed by atoms with Gasteiger partial charge in [-0.3, -0.25) is 0 Å². The predicted molar refractivity (Wildman–Crippen MR) is 50.5 cm³/mol. The lowest BCUT2D eigenvalue weighted by molar-refractivity contribution is 0.630. The molecular formula is C11H18. The molecule has 0 amide bonds. The molecule has 0 radical (unpaired) electrons. The summed E-state index contributed by atoms with van der Waals surface area (Å²) in [5, 5.41) is 0. The number of rotatable bonds is 1. The van der Waals surface area contributed by atoms with E-state index < -0.39 is 0 Å². The van der Waals surface area contributed by atoms with Crippen molar-refractivity contribution >= 4 is 0 Å². The molecule has 1 aliphatic carbocycles. The highest BCUT2D eigenvalue weighted by Crippen LogP contribution is 2.30. The summed E-state index contributed by atoms with van der Waals surface area (Å²) < 4.78 is 0. The third-order valence-corrected chi connectivity index (χ3v) is 2.57. The van der Waals surface area contributed by atoms with Gasteiger partial charge in [0, 0.05) is 0 Å². The Kier molecular flexibility index (Phi) is 2.53. The molecule has 11 heavy (non-hydrogen) atoms. The van der Waals surface area contributed by atoms with Crippen LogP contribution in [-0.4, -0.2) is 0 Å². The van der Waals surface area contributed by atoms with Crippen LogP contribution in [0.3, 0.4) is 0 Å². The van der Waals surface area contributed by atoms with Gasteiger partial charge in [0.15, 0.2) is 0 Å². The van der Waals surface area contributed by atoms with Crippen molar-refractivity contribution in [2.45, 2.75) is 40.5 Å². The molecule has 0 aromatic carbocycles. The van der Waals surface area contributed by atoms with Gasteiger partial charge in [0.25, 0.3) is 0 Å². The van der Waals surface area contributed by atoms with Gasteiger partial charge in [0.2, 0.25) is 0 Å². The molecule has 1 unspecified atom stereocenters. The SMILES string of the molecule is CCC1=C(C)C=C(C)CC1C. The van der Waals surface area contributed by atoms with Crippen LogP contribution in [0.25, 0.3) is 0 Å². The highest BCUT2D eigenvalue weighted by molar-refractivity contribution is 5.32. The van der Waals surface area contributed by atoms with Gasteiger partial charge in [-0.1, -0.05) is 36.6 Å². The molecule has 0 fully saturated rings. The lowest BCUT2D eigenvalue weighted by atomic mass is 9.84. The second-order valence-corrected chi connectivity index (χ2v) is 3.66. The fraction of sp³-hybridized carbons (Fsp3) is 0.636. The predicted octanol–water partition coefficient (Wildman–Crippen LogP) is 3.70. The Balaban J connectivity index is 2.92. The van der Waals surface area contributed by atoms with Crippen molar-refractivity contribution < 1.29 is 0 Å². The fourth-order valence-corrected chi connectivity index (χ4v) is 2.14. The summed E-state index contributed by atoms with van der Waals surface area (Å²) in [6.45, 7) is 9.05. The van der Waals surface area contributed by atoms with Crippen LogP contribution in [0.4, 0.5) is 0 Å². The van der Waals surface area contributed by atoms with Crippen molar-refractivity contribution in [3.63, 3.8) is 0 Å². The van der Waals surface area contributed by atoms with Gasteiger partial charge in [-0.05, 0) is 32.6 Å². The minimum atomic E-state index is 0.782. The van der Waals surface area contributed by atoms with Gasteiger partial charge in [-0.2, -0.15) is 0 Å². The normalized spacial score (nSPS) is 25.5. The summed E-state index contributed by atoms with van der Waals surface area (Å²) in [6.07, 6.45) is 4.82. The van der Waals surface area contributed by atoms with Gasteiger partial charge < -0.3 is 0 Å². The maximum Gasteiger partial charge on any atom is -0.0189 e. The average Bonchev–Trinajstić information content (AvgIpc) is 1.85. The Morgan fingerprint density at radius 3 is 2.55 bits per heavy atom. The first-order valence-electron chi connectivity index (χ1n) is 4.52. The Bertz CT molecular complexity index is 206. The molecule has 0 aromatic heterocycles. The van der Waals surface area contributed by atoms with Gasteiger partial charge >= 0.3 is 0 Å². The van der Waals surface area contributed by atoms with Crippen LogP contribution in [0.15, 0.2) is 22.8 Å². The molecule has 0 saturated heterocycles. The Morgan fingerprint density at radius 1 is 1.45 bits per heavy atom. The summed E-state index contributed by atoms with van der Waals surface area (Å²) in [4.78, 5) is 0. The fourth-order valence-electron chi connectivity index (χ4n) is 2.14. The minimum absolute atomic E-state index is 0.782. The lowest BCUT2D eigenvalue weighted by Crippen LogP contribution is -2.06. The molecule has 0 spiro atoms. The van der Waals surface area contributed by atoms with E-state index in [2.05, 4.69) is 33.8 Å². The summed E-state index contributed by atoms with van der Waals surface area (Å²) in [5.74, 6) is 0.782. The van der Waals surface area contributed by atoms with Crippen LogP contribution < -0.4 is 0 Å². The monoisotopic (exact) mass is 150 g/mol. The van der Waals surface area contributed by atoms with Crippen molar-refractivity contribution in [2.75, 3.05) is 0 Å². The van der Waals surface area contributed by atoms with Crippen LogP contribution in [-0.2, 0) is 0 Å². The molecule has 0 aliphatic heterocycles. The van der Waals surface area contributed by atoms with Gasteiger partial charge in [0.05, 0.1) is 0 Å². The first-order chi connectivity index (χ1) is 5.15. The zero-order valence-corrected chi connectivity index (χ0v) is 8.07. The number of hydrogen-bond donors (Lipinski definition) is 0. The van der Waals surface area contributed by atoms with E-state index in [1.54, 1.807) is 5.57 Å². The molecule has 0 nitrogen and oxygen atoms in total. The second-order valence-electron chi connectivity index (χ2n) is 3.66. The Morgan fingerprint density at radius 2 is 2.09 bits per heavy atom. The van der Waals surface area contributed by atoms with Crippen LogP contribution in [0.1, 0.15) is 40.5 Å². The van der Waals surface area contributed by atoms with Crippen LogP contribution in [0.2, 0.25) is 0 Å². The third-order valence-electron chi connectivity index (χ3n) is 2.57. The smallest absolute Gasteiger partial charge is 0.0189 e. The van der Waals surface area contributed by atoms with Gasteiger partial charge in [0.1, 0.15) is 0 Å². The Hall–Kier alpha value is -0.520. The van der Waals surface area contributed by atoms with Crippen LogP contribution >= 0.6 is 0 Å². The summed E-state index contributed by atoms with van der Waals surface area (Å²) in [5.41, 5.74) is 4.69. The van der Waals surface area contributed by atoms with E-state index in [4.69, 9.17) is 0 Å². The van der Waals surface area contributed by atoms with Gasteiger partial charge in [-0.15, -0.1) is 0 Å². The number of allylic oxidation sites excluding steroid dienone is 4. The molecule has 0 saturated carbocycles. The first kappa shape index (κ1) is 8.58. The van der Waals surface area contributed by atoms with Crippen molar-refractivity contribution in [1.29, 1.82) is 0 Å². The molecule has 1 rings (SSSR count). The highest BCUT2D eigenvalue weighted by Gasteiger charge is 2.14. The average molecular weight is 150 g/mol. The maximum atomic E-state index is 2.33. The summed E-state index contributed by atoms with van der Waals surface area (Å²) >= 11 is 0. The molecule has 0 bridgehead atoms. The minimum Gasteiger partial charge on any atom is -0.0725 e. The molecule has 1 aliphatic rings. The first-order valence-corrected chi connectivity index (χ1v) is 4.52. The van der Waals surface area contributed by atoms with E-state index >= 15 is 0 Å². The van der Waals surface area contributed by atoms with Crippen LogP contribution in [0, 0.1) is 5.92 Å². The van der Waals surface area contributed by atoms with E-state index in [-0.39, 0.29) is 0 Å². The lowest BCUT2D eigenvalue weighted by Gasteiger charge is -2.22. The van der Waals surface area contributed by atoms with E-state index in [1.807, 2.05) is 0 Å². The van der Waals surface area contributed by atoms with Crippen molar-refractivity contribution in [1.82, 2.24) is 0 Å². The largest absolute Gasteiger partial charge is 0.0725 e. The molecule has 0 N–H and O–H groups in total. The van der Waals surface area contributed by atoms with Gasteiger partial charge in [-0.25, -0.2) is 0 Å². The molecular weight excluding hydrogens is 132 g/mol. The van der Waals surface area contributed by atoms with Crippen molar-refractivity contribution in [3.05, 3.63) is 22.8 Å². The summed E-state index contributed by atoms with van der Waals surface area (Å²) in [6, 6.07) is 0. The topological polar surface area (TPSA) is 0 Å². The van der Waals surface area contributed by atoms with E-state index in [0.717, 1.165) is 5.92 Å². The quantitative estimate of drug-likeness (QED) is 0.534. The molecule has 0 aromatic rings. The molecule has 0 heteroatoms. The standard InChI is InChI=1S/C11H18/c1-5-11-9(3)6-8(2)7-10(11)4/h6,10H,5,7H2,1-4H3. The zero-order valence-electron chi connectivity index (χ0n) is 8.07. The molecule has 0 heterocycles. The maximum absolute atomic E-state index is 2.33. The third kappa shape index (κ3) is 1.74. The summed E-state index contributed by atoms with van der Waals surface area (Å²) in [7, 11) is 0. The second kappa shape index (κ2) is 3.25. The zero-order chi connectivity index (χ0) is 8.43. The number of hydrogen-bond acceptors (Lipinski definition) is 0. The van der Waals surface area contributed by atoms with Crippen molar-refractivity contribution in [2.24, 2.45) is 5.92 Å². The highest BCUT2D eigenvalue weighted by atomic mass is 14.2.